The molecule has 0 aliphatic carbocycles. The third kappa shape index (κ3) is 9.36. The second-order valence-electron chi connectivity index (χ2n) is 6.97. The zero-order valence-corrected chi connectivity index (χ0v) is 18.2. The molecule has 1 aromatic heterocycles. The first-order valence-electron chi connectivity index (χ1n) is 8.94. The summed E-state index contributed by atoms with van der Waals surface area (Å²) in [5, 5.41) is 0.761. The average Bonchev–Trinajstić information content (AvgIpc) is 3.06. The molecule has 0 spiro atoms. The lowest BCUT2D eigenvalue weighted by molar-refractivity contribution is 0.154. The summed E-state index contributed by atoms with van der Waals surface area (Å²) in [6, 6.07) is 11.9. The van der Waals surface area contributed by atoms with E-state index in [2.05, 4.69) is 22.4 Å². The topological polar surface area (TPSA) is 92.8 Å². The van der Waals surface area contributed by atoms with Crippen molar-refractivity contribution in [1.82, 2.24) is 0 Å². The number of unbranched alkanes of at least 4 members (excludes halogenated alkanes) is 1. The van der Waals surface area contributed by atoms with Gasteiger partial charge in [0.25, 0.3) is 0 Å². The van der Waals surface area contributed by atoms with E-state index in [9.17, 15) is 4.57 Å². The highest BCUT2D eigenvalue weighted by Gasteiger charge is 2.24. The average molecular weight is 442 g/mol. The molecule has 1 atom stereocenters. The third-order valence-corrected chi connectivity index (χ3v) is 5.80. The van der Waals surface area contributed by atoms with E-state index in [4.69, 9.17) is 27.1 Å². The summed E-state index contributed by atoms with van der Waals surface area (Å²) in [5.41, 5.74) is 6.46. The van der Waals surface area contributed by atoms with Gasteiger partial charge < -0.3 is 15.5 Å². The molecule has 2 rings (SSSR count). The van der Waals surface area contributed by atoms with Gasteiger partial charge in [0.2, 0.25) is 0 Å². The van der Waals surface area contributed by atoms with Crippen molar-refractivity contribution in [2.45, 2.75) is 44.6 Å². The Hall–Kier alpha value is -1.16. The van der Waals surface area contributed by atoms with Crippen LogP contribution in [0.2, 0.25) is 5.02 Å². The molecule has 28 heavy (non-hydrogen) atoms. The second-order valence-corrected chi connectivity index (χ2v) is 9.81. The van der Waals surface area contributed by atoms with Crippen molar-refractivity contribution in [1.29, 1.82) is 0 Å². The molecule has 1 aromatic carbocycles. The minimum absolute atomic E-state index is 0.193. The van der Waals surface area contributed by atoms with E-state index in [-0.39, 0.29) is 6.61 Å². The highest BCUT2D eigenvalue weighted by Crippen LogP contribution is 2.37. The van der Waals surface area contributed by atoms with Gasteiger partial charge in [0, 0.05) is 21.9 Å². The number of nitrogens with two attached hydrogens (primary N) is 1. The Bertz CT molecular complexity index is 882. The molecule has 2 aromatic rings. The van der Waals surface area contributed by atoms with E-state index in [1.54, 1.807) is 18.3 Å². The van der Waals surface area contributed by atoms with Gasteiger partial charge in [0.1, 0.15) is 0 Å². The van der Waals surface area contributed by atoms with Crippen molar-refractivity contribution < 1.29 is 18.9 Å². The Labute approximate surface area is 175 Å². The van der Waals surface area contributed by atoms with Gasteiger partial charge >= 0.3 is 7.82 Å². The molecular weight excluding hydrogens is 417 g/mol. The summed E-state index contributed by atoms with van der Waals surface area (Å²) in [6.45, 7) is 1.53. The number of phosphoric acid groups is 1. The highest BCUT2D eigenvalue weighted by molar-refractivity contribution is 7.46. The summed E-state index contributed by atoms with van der Waals surface area (Å²) in [4.78, 5) is 19.7. The smallest absolute Gasteiger partial charge is 0.323 e. The van der Waals surface area contributed by atoms with E-state index in [1.807, 2.05) is 30.3 Å². The molecule has 0 amide bonds. The number of thiophene rings is 1. The molecule has 5 nitrogen and oxygen atoms in total. The van der Waals surface area contributed by atoms with Crippen LogP contribution in [0.1, 0.15) is 41.5 Å². The predicted octanol–water partition coefficient (Wildman–Crippen LogP) is 4.54. The Balaban J connectivity index is 1.75. The van der Waals surface area contributed by atoms with Crippen LogP contribution < -0.4 is 5.73 Å². The van der Waals surface area contributed by atoms with Crippen LogP contribution in [-0.4, -0.2) is 21.9 Å². The number of hydrogen-bond donors (Lipinski definition) is 3. The molecule has 4 N–H and O–H groups in total. The monoisotopic (exact) mass is 441 g/mol. The number of hydrogen-bond acceptors (Lipinski definition) is 4. The normalized spacial score (nSPS) is 13.6. The van der Waals surface area contributed by atoms with E-state index in [0.717, 1.165) is 34.0 Å². The summed E-state index contributed by atoms with van der Waals surface area (Å²) >= 11 is 7.60. The van der Waals surface area contributed by atoms with E-state index in [1.165, 1.54) is 5.56 Å². The molecule has 152 valence electrons. The molecule has 0 aliphatic rings. The van der Waals surface area contributed by atoms with Crippen molar-refractivity contribution >= 4 is 30.8 Å². The van der Waals surface area contributed by atoms with Crippen LogP contribution >= 0.6 is 30.8 Å². The Morgan fingerprint density at radius 1 is 1.29 bits per heavy atom. The standard InChI is InChI=1S/C20H25ClNO4PS/c1-20(22,15-26-27(23,24)25)13-12-19-11-10-18(28-19)9-4-2-3-6-16-7-5-8-17(21)14-16/h5,7-8,10-11,14H,2-3,6,12-13,15,22H2,1H3,(H2,23,24,25). The molecule has 0 radical (unpaired) electrons. The minimum atomic E-state index is -4.50. The van der Waals surface area contributed by atoms with Gasteiger partial charge in [-0.1, -0.05) is 35.6 Å². The van der Waals surface area contributed by atoms with Crippen LogP contribution in [0.4, 0.5) is 0 Å². The van der Waals surface area contributed by atoms with Crippen molar-refractivity contribution in [3.05, 3.63) is 56.7 Å². The van der Waals surface area contributed by atoms with Gasteiger partial charge in [-0.05, 0) is 62.4 Å². The number of benzene rings is 1. The maximum atomic E-state index is 10.8. The lowest BCUT2D eigenvalue weighted by Gasteiger charge is -2.24. The molecule has 0 aliphatic heterocycles. The van der Waals surface area contributed by atoms with Crippen LogP contribution in [0, 0.1) is 11.8 Å². The fraction of sp³-hybridized carbons (Fsp3) is 0.400. The Morgan fingerprint density at radius 3 is 2.79 bits per heavy atom. The molecule has 0 saturated heterocycles. The van der Waals surface area contributed by atoms with Gasteiger partial charge in [-0.2, -0.15) is 0 Å². The fourth-order valence-electron chi connectivity index (χ4n) is 2.51. The van der Waals surface area contributed by atoms with E-state index < -0.39 is 13.4 Å². The van der Waals surface area contributed by atoms with Gasteiger partial charge in [0.05, 0.1) is 11.5 Å². The summed E-state index contributed by atoms with van der Waals surface area (Å²) in [7, 11) is -4.50. The fourth-order valence-corrected chi connectivity index (χ4v) is 4.07. The van der Waals surface area contributed by atoms with Crippen molar-refractivity contribution in [2.24, 2.45) is 5.73 Å². The molecule has 8 heteroatoms. The maximum Gasteiger partial charge on any atom is 0.469 e. The molecule has 0 fully saturated rings. The number of aryl methyl sites for hydroxylation is 2. The quantitative estimate of drug-likeness (QED) is 0.302. The van der Waals surface area contributed by atoms with Crippen LogP contribution in [0.3, 0.4) is 0 Å². The first-order chi connectivity index (χ1) is 13.1. The van der Waals surface area contributed by atoms with Gasteiger partial charge in [-0.25, -0.2) is 4.57 Å². The lowest BCUT2D eigenvalue weighted by atomic mass is 9.98. The summed E-state index contributed by atoms with van der Waals surface area (Å²) in [5.74, 6) is 6.39. The van der Waals surface area contributed by atoms with Crippen LogP contribution in [0.5, 0.6) is 0 Å². The molecule has 1 unspecified atom stereocenters. The summed E-state index contributed by atoms with van der Waals surface area (Å²) in [6.07, 6.45) is 4.02. The van der Waals surface area contributed by atoms with Gasteiger partial charge in [-0.15, -0.1) is 11.3 Å². The second kappa shape index (κ2) is 10.6. The van der Waals surface area contributed by atoms with E-state index >= 15 is 0 Å². The van der Waals surface area contributed by atoms with Crippen LogP contribution in [0.25, 0.3) is 0 Å². The van der Waals surface area contributed by atoms with Gasteiger partial charge in [0.15, 0.2) is 0 Å². The van der Waals surface area contributed by atoms with Crippen molar-refractivity contribution in [2.75, 3.05) is 6.61 Å². The Morgan fingerprint density at radius 2 is 2.07 bits per heavy atom. The minimum Gasteiger partial charge on any atom is -0.323 e. The highest BCUT2D eigenvalue weighted by atomic mass is 35.5. The summed E-state index contributed by atoms with van der Waals surface area (Å²) < 4.78 is 15.3. The molecule has 0 saturated carbocycles. The van der Waals surface area contributed by atoms with Crippen molar-refractivity contribution in [3.63, 3.8) is 0 Å². The molecular formula is C20H25ClNO4PS. The number of phosphoric ester groups is 1. The zero-order chi connectivity index (χ0) is 20.6. The number of halogens is 1. The molecule has 0 bridgehead atoms. The van der Waals surface area contributed by atoms with Crippen LogP contribution in [0.15, 0.2) is 36.4 Å². The number of rotatable bonds is 9. The van der Waals surface area contributed by atoms with Gasteiger partial charge in [-0.3, -0.25) is 4.52 Å². The maximum absolute atomic E-state index is 10.8. The molecule has 1 heterocycles. The largest absolute Gasteiger partial charge is 0.469 e. The first-order valence-corrected chi connectivity index (χ1v) is 11.7. The first kappa shape index (κ1) is 23.1. The SMILES string of the molecule is CC(N)(CCc1ccc(C#CCCCc2cccc(Cl)c2)s1)COP(=O)(O)O. The third-order valence-electron chi connectivity index (χ3n) is 4.03. The van der Waals surface area contributed by atoms with Crippen molar-refractivity contribution in [3.8, 4) is 11.8 Å². The predicted molar refractivity (Wildman–Crippen MR) is 114 cm³/mol. The van der Waals surface area contributed by atoms with E-state index in [0.29, 0.717) is 12.8 Å². The Kier molecular flexibility index (Phi) is 8.73. The zero-order valence-electron chi connectivity index (χ0n) is 15.7. The lowest BCUT2D eigenvalue weighted by Crippen LogP contribution is -2.41. The van der Waals surface area contributed by atoms with Crippen LogP contribution in [-0.2, 0) is 21.9 Å².